The molecule has 260 valence electrons. The highest BCUT2D eigenvalue weighted by molar-refractivity contribution is 7.90. The van der Waals surface area contributed by atoms with Crippen LogP contribution < -0.4 is 14.6 Å². The van der Waals surface area contributed by atoms with Crippen LogP contribution in [-0.2, 0) is 20.9 Å². The molecular weight excluding hydrogens is 687 g/mol. The minimum Gasteiger partial charge on any atom is -0.442 e. The molecule has 4 heterocycles. The third-order valence-electron chi connectivity index (χ3n) is 7.99. The first-order valence-electron chi connectivity index (χ1n) is 14.9. The monoisotopic (exact) mass is 713 g/mol. The highest BCUT2D eigenvalue weighted by Gasteiger charge is 2.42. The van der Waals surface area contributed by atoms with Gasteiger partial charge in [-0.3, -0.25) is 14.6 Å². The summed E-state index contributed by atoms with van der Waals surface area (Å²) >= 11 is 0. The summed E-state index contributed by atoms with van der Waals surface area (Å²) in [5.41, 5.74) is 1.08. The van der Waals surface area contributed by atoms with Crippen molar-refractivity contribution in [2.24, 2.45) is 0 Å². The second-order valence-corrected chi connectivity index (χ2v) is 13.2. The number of carbonyl (C=O) groups excluding carboxylic acids is 3. The fraction of sp³-hybridized carbons (Fsp3) is 0.226. The fourth-order valence-electron chi connectivity index (χ4n) is 5.36. The maximum Gasteiger partial charge on any atom is 0.435 e. The molecule has 3 amide bonds. The van der Waals surface area contributed by atoms with Crippen LogP contribution in [0.3, 0.4) is 0 Å². The van der Waals surface area contributed by atoms with Gasteiger partial charge in [-0.1, -0.05) is 42.0 Å². The van der Waals surface area contributed by atoms with Crippen LogP contribution in [-0.4, -0.2) is 76.4 Å². The van der Waals surface area contributed by atoms with Crippen LogP contribution in [0.1, 0.15) is 38.9 Å². The molecule has 50 heavy (non-hydrogen) atoms. The number of hydrogen-bond acceptors (Lipinski definition) is 10. The first-order chi connectivity index (χ1) is 23.7. The summed E-state index contributed by atoms with van der Waals surface area (Å²) in [6, 6.07) is 18.9. The molecular formula is C31H26F3N7O8S. The zero-order valence-electron chi connectivity index (χ0n) is 26.1. The van der Waals surface area contributed by atoms with Gasteiger partial charge in [-0.15, -0.1) is 0 Å². The molecule has 2 aliphatic rings. The number of halogens is 3. The predicted octanol–water partition coefficient (Wildman–Crippen LogP) is 3.57. The van der Waals surface area contributed by atoms with Gasteiger partial charge < -0.3 is 9.57 Å². The Balaban J connectivity index is 0.934. The van der Waals surface area contributed by atoms with Gasteiger partial charge in [-0.05, 0) is 56.3 Å². The van der Waals surface area contributed by atoms with Crippen molar-refractivity contribution in [2.75, 3.05) is 18.1 Å². The lowest BCUT2D eigenvalue weighted by atomic mass is 10.1. The number of aryl methyl sites for hydroxylation is 1. The van der Waals surface area contributed by atoms with Crippen LogP contribution in [0.4, 0.5) is 18.0 Å². The molecule has 1 fully saturated rings. The van der Waals surface area contributed by atoms with E-state index in [2.05, 4.69) is 5.10 Å². The number of hydrogen-bond donors (Lipinski definition) is 1. The Morgan fingerprint density at radius 2 is 1.60 bits per heavy atom. The number of carbonyl (C=O) groups is 3. The van der Waals surface area contributed by atoms with Crippen molar-refractivity contribution in [3.63, 3.8) is 0 Å². The lowest BCUT2D eigenvalue weighted by Gasteiger charge is -2.34. The first-order valence-corrected chi connectivity index (χ1v) is 16.4. The molecule has 1 unspecified atom stereocenters. The molecule has 15 nitrogen and oxygen atoms in total. The van der Waals surface area contributed by atoms with Crippen LogP contribution in [0, 0.1) is 6.92 Å². The van der Waals surface area contributed by atoms with E-state index in [9.17, 15) is 36.0 Å². The number of alkyl halides is 3. The zero-order valence-corrected chi connectivity index (χ0v) is 26.9. The molecule has 0 bridgehead atoms. The summed E-state index contributed by atoms with van der Waals surface area (Å²) in [4.78, 5) is 45.0. The zero-order chi connectivity index (χ0) is 35.5. The smallest absolute Gasteiger partial charge is 0.435 e. The van der Waals surface area contributed by atoms with E-state index in [4.69, 9.17) is 14.2 Å². The summed E-state index contributed by atoms with van der Waals surface area (Å²) in [7, 11) is -4.42. The summed E-state index contributed by atoms with van der Waals surface area (Å²) in [6.07, 6.45) is -7.70. The lowest BCUT2D eigenvalue weighted by Crippen LogP contribution is -2.58. The number of fused-ring (bicyclic) bond motifs is 1. The Morgan fingerprint density at radius 3 is 2.20 bits per heavy atom. The molecule has 1 N–H and O–H groups in total. The fourth-order valence-corrected chi connectivity index (χ4v) is 6.24. The number of imide groups is 1. The lowest BCUT2D eigenvalue weighted by molar-refractivity contribution is -0.141. The van der Waals surface area contributed by atoms with E-state index in [1.165, 1.54) is 24.1 Å². The van der Waals surface area contributed by atoms with Crippen molar-refractivity contribution < 1.29 is 50.2 Å². The van der Waals surface area contributed by atoms with Gasteiger partial charge in [0.25, 0.3) is 21.8 Å². The highest BCUT2D eigenvalue weighted by Crippen LogP contribution is 2.33. The molecule has 7 rings (SSSR count). The van der Waals surface area contributed by atoms with Gasteiger partial charge in [0.2, 0.25) is 6.23 Å². The molecule has 2 aromatic heterocycles. The highest BCUT2D eigenvalue weighted by atomic mass is 32.2. The van der Waals surface area contributed by atoms with Crippen LogP contribution in [0.5, 0.6) is 0 Å². The third-order valence-corrected chi connectivity index (χ3v) is 9.32. The van der Waals surface area contributed by atoms with Gasteiger partial charge in [-0.2, -0.15) is 22.9 Å². The minimum atomic E-state index is -4.71. The van der Waals surface area contributed by atoms with Gasteiger partial charge in [0, 0.05) is 5.56 Å². The second-order valence-electron chi connectivity index (χ2n) is 11.5. The Bertz CT molecular complexity index is 2180. The molecule has 0 aliphatic carbocycles. The number of aromatic nitrogens is 4. The van der Waals surface area contributed by atoms with Gasteiger partial charge in [0.15, 0.2) is 5.69 Å². The standard InChI is InChI=1S/C31H26F3N7O8S/c1-18-7-9-20(10-8-18)26-15-27(31(32,33)34)35-39(26)21-11-13-23(14-12-21)50(45,46)36-30(44)47-22-16-37(17-22)40-41(49-40)48-19(2)38-28(42)24-5-3-4-6-25(24)29(38)43/h3-15,19,22H,16-17H2,1-2H3,(H,36,44). The number of amides is 3. The van der Waals surface area contributed by atoms with E-state index < -0.39 is 52.1 Å². The van der Waals surface area contributed by atoms with Crippen molar-refractivity contribution >= 4 is 27.9 Å². The minimum absolute atomic E-state index is 0.0938. The summed E-state index contributed by atoms with van der Waals surface area (Å²) in [5, 5.41) is 6.17. The Labute approximate surface area is 280 Å². The quantitative estimate of drug-likeness (QED) is 0.224. The average molecular weight is 714 g/mol. The normalized spacial score (nSPS) is 15.6. The molecule has 0 spiro atoms. The maximum absolute atomic E-state index is 13.5. The Morgan fingerprint density at radius 1 is 0.980 bits per heavy atom. The van der Waals surface area contributed by atoms with E-state index in [0.717, 1.165) is 43.3 Å². The van der Waals surface area contributed by atoms with Crippen LogP contribution in [0.2, 0.25) is 0 Å². The van der Waals surface area contributed by atoms with Gasteiger partial charge in [0.05, 0.1) is 45.5 Å². The van der Waals surface area contributed by atoms with Crippen molar-refractivity contribution in [1.82, 2.24) is 29.4 Å². The topological polar surface area (TPSA) is 163 Å². The molecule has 5 aromatic rings. The molecule has 2 aliphatic heterocycles. The van der Waals surface area contributed by atoms with E-state index >= 15 is 0 Å². The largest absolute Gasteiger partial charge is 0.442 e. The SMILES string of the molecule is Cc1ccc(-c2cc(C(F)(F)F)nn2-c2ccc(S(=O)(=O)NC(=O)OC3CN(n4on4OC(C)N4C(=O)c5ccccc5C4=O)C3)cc2)cc1. The van der Waals surface area contributed by atoms with E-state index in [0.29, 0.717) is 5.56 Å². The summed E-state index contributed by atoms with van der Waals surface area (Å²) in [5.74, 6) is -1.02. The molecule has 1 saturated heterocycles. The van der Waals surface area contributed by atoms with Crippen molar-refractivity contribution in [1.29, 1.82) is 0 Å². The Kier molecular flexibility index (Phi) is 7.73. The summed E-state index contributed by atoms with van der Waals surface area (Å²) in [6.45, 7) is 3.52. The number of benzene rings is 3. The van der Waals surface area contributed by atoms with Gasteiger partial charge in [0.1, 0.15) is 11.1 Å². The predicted molar refractivity (Wildman–Crippen MR) is 165 cm³/mol. The van der Waals surface area contributed by atoms with Crippen LogP contribution >= 0.6 is 0 Å². The van der Waals surface area contributed by atoms with Gasteiger partial charge in [-0.25, -0.2) is 27.5 Å². The molecule has 1 atom stereocenters. The van der Waals surface area contributed by atoms with Crippen LogP contribution in [0.15, 0.2) is 88.4 Å². The van der Waals surface area contributed by atoms with Crippen molar-refractivity contribution in [3.05, 3.63) is 101 Å². The summed E-state index contributed by atoms with van der Waals surface area (Å²) < 4.78 is 79.6. The third kappa shape index (κ3) is 6.06. The maximum atomic E-state index is 13.5. The Hall–Kier alpha value is -5.98. The number of rotatable bonds is 9. The van der Waals surface area contributed by atoms with E-state index in [1.807, 2.05) is 11.6 Å². The average Bonchev–Trinajstić information content (AvgIpc) is 3.53. The number of sulfonamides is 1. The molecule has 0 saturated carbocycles. The van der Waals surface area contributed by atoms with Crippen LogP contribution in [0.25, 0.3) is 16.9 Å². The number of nitrogens with zero attached hydrogens (tertiary/aromatic N) is 6. The molecule has 0 radical (unpaired) electrons. The number of nitrogens with one attached hydrogen (secondary N) is 1. The number of ether oxygens (including phenoxy) is 1. The first kappa shape index (κ1) is 32.6. The van der Waals surface area contributed by atoms with E-state index in [-0.39, 0.29) is 40.5 Å². The molecule has 3 aromatic carbocycles. The van der Waals surface area contributed by atoms with Gasteiger partial charge >= 0.3 is 12.3 Å². The van der Waals surface area contributed by atoms with Crippen molar-refractivity contribution in [2.45, 2.75) is 37.3 Å². The van der Waals surface area contributed by atoms with Crippen molar-refractivity contribution in [3.8, 4) is 16.9 Å². The van der Waals surface area contributed by atoms with E-state index in [1.54, 1.807) is 48.5 Å². The second kappa shape index (κ2) is 11.9. The molecule has 19 heteroatoms.